The number of benzene rings is 1. The number of aryl methyl sites for hydroxylation is 1. The number of nitrogens with zero attached hydrogens (tertiary/aromatic N) is 1. The molecule has 0 bridgehead atoms. The van der Waals surface area contributed by atoms with Gasteiger partial charge in [0.2, 0.25) is 0 Å². The molecule has 2 fully saturated rings. The first-order valence-electron chi connectivity index (χ1n) is 9.51. The van der Waals surface area contributed by atoms with E-state index in [4.69, 9.17) is 10.5 Å². The number of hydrogen-bond donors (Lipinski definition) is 2. The Balaban J connectivity index is 1.55. The standard InChI is InChI=1S/C20H32FN3O/c1-14-12-19(18(22)13-17(14)21)23-15-6-10-24(11-7-15)20(2)8-4-16(25-3)5-9-20/h12-13,15-16,23H,4-11,22H2,1-3H3. The predicted octanol–water partition coefficient (Wildman–Crippen LogP) is 3.94. The van der Waals surface area contributed by atoms with Gasteiger partial charge < -0.3 is 15.8 Å². The topological polar surface area (TPSA) is 50.5 Å². The van der Waals surface area contributed by atoms with Crippen LogP contribution in [0.25, 0.3) is 0 Å². The van der Waals surface area contributed by atoms with Gasteiger partial charge in [0.15, 0.2) is 0 Å². The summed E-state index contributed by atoms with van der Waals surface area (Å²) in [6.07, 6.45) is 7.39. The molecule has 140 valence electrons. The van der Waals surface area contributed by atoms with E-state index in [2.05, 4.69) is 17.1 Å². The first kappa shape index (κ1) is 18.5. The molecule has 0 unspecified atom stereocenters. The van der Waals surface area contributed by atoms with Crippen LogP contribution in [0.5, 0.6) is 0 Å². The van der Waals surface area contributed by atoms with Gasteiger partial charge in [-0.15, -0.1) is 0 Å². The van der Waals surface area contributed by atoms with Crippen LogP contribution in [0.1, 0.15) is 51.0 Å². The summed E-state index contributed by atoms with van der Waals surface area (Å²) in [6.45, 7) is 6.39. The highest BCUT2D eigenvalue weighted by atomic mass is 19.1. The highest BCUT2D eigenvalue weighted by Gasteiger charge is 2.37. The third-order valence-electron chi connectivity index (χ3n) is 6.29. The van der Waals surface area contributed by atoms with E-state index >= 15 is 0 Å². The number of nitrogen functional groups attached to an aromatic ring is 1. The number of likely N-dealkylation sites (tertiary alicyclic amines) is 1. The fraction of sp³-hybridized carbons (Fsp3) is 0.700. The van der Waals surface area contributed by atoms with Crippen molar-refractivity contribution in [2.24, 2.45) is 0 Å². The zero-order valence-corrected chi connectivity index (χ0v) is 15.8. The zero-order valence-electron chi connectivity index (χ0n) is 15.8. The summed E-state index contributed by atoms with van der Waals surface area (Å²) in [5.41, 5.74) is 8.28. The number of anilines is 2. The normalized spacial score (nSPS) is 28.9. The number of methoxy groups -OCH3 is 1. The number of halogens is 1. The second kappa shape index (κ2) is 7.50. The lowest BCUT2D eigenvalue weighted by Crippen LogP contribution is -2.53. The van der Waals surface area contributed by atoms with Gasteiger partial charge in [0.25, 0.3) is 0 Å². The van der Waals surface area contributed by atoms with Gasteiger partial charge in [-0.3, -0.25) is 4.90 Å². The third kappa shape index (κ3) is 4.09. The molecule has 3 rings (SSSR count). The fourth-order valence-electron chi connectivity index (χ4n) is 4.37. The Bertz CT molecular complexity index is 591. The molecule has 3 N–H and O–H groups in total. The number of nitrogens with two attached hydrogens (primary N) is 1. The maximum Gasteiger partial charge on any atom is 0.128 e. The minimum Gasteiger partial charge on any atom is -0.397 e. The van der Waals surface area contributed by atoms with E-state index < -0.39 is 0 Å². The van der Waals surface area contributed by atoms with Crippen LogP contribution in [-0.4, -0.2) is 42.8 Å². The van der Waals surface area contributed by atoms with Crippen molar-refractivity contribution < 1.29 is 9.13 Å². The minimum atomic E-state index is -0.238. The summed E-state index contributed by atoms with van der Waals surface area (Å²) in [4.78, 5) is 2.66. The van der Waals surface area contributed by atoms with E-state index in [1.54, 1.807) is 6.92 Å². The van der Waals surface area contributed by atoms with Crippen LogP contribution < -0.4 is 11.1 Å². The molecule has 1 aromatic carbocycles. The van der Waals surface area contributed by atoms with Crippen LogP contribution in [-0.2, 0) is 4.74 Å². The number of rotatable bonds is 4. The van der Waals surface area contributed by atoms with Gasteiger partial charge in [-0.25, -0.2) is 4.39 Å². The molecule has 1 saturated carbocycles. The summed E-state index contributed by atoms with van der Waals surface area (Å²) in [7, 11) is 1.83. The molecule has 1 heterocycles. The molecular formula is C20H32FN3O. The highest BCUT2D eigenvalue weighted by Crippen LogP contribution is 2.36. The van der Waals surface area contributed by atoms with Gasteiger partial charge in [-0.2, -0.15) is 0 Å². The van der Waals surface area contributed by atoms with Crippen LogP contribution in [0.4, 0.5) is 15.8 Å². The molecule has 0 aromatic heterocycles. The van der Waals surface area contributed by atoms with Crippen LogP contribution in [0.2, 0.25) is 0 Å². The third-order valence-corrected chi connectivity index (χ3v) is 6.29. The largest absolute Gasteiger partial charge is 0.397 e. The zero-order chi connectivity index (χ0) is 18.0. The molecule has 25 heavy (non-hydrogen) atoms. The summed E-state index contributed by atoms with van der Waals surface area (Å²) < 4.78 is 19.1. The number of piperidine rings is 1. The first-order chi connectivity index (χ1) is 11.9. The Kier molecular flexibility index (Phi) is 5.54. The fourth-order valence-corrected chi connectivity index (χ4v) is 4.37. The molecule has 0 radical (unpaired) electrons. The molecule has 0 atom stereocenters. The summed E-state index contributed by atoms with van der Waals surface area (Å²) in [5, 5.41) is 3.53. The quantitative estimate of drug-likeness (QED) is 0.809. The smallest absolute Gasteiger partial charge is 0.128 e. The molecular weight excluding hydrogens is 317 g/mol. The molecule has 0 spiro atoms. The minimum absolute atomic E-state index is 0.238. The predicted molar refractivity (Wildman–Crippen MR) is 101 cm³/mol. The van der Waals surface area contributed by atoms with Gasteiger partial charge >= 0.3 is 0 Å². The van der Waals surface area contributed by atoms with Gasteiger partial charge in [0.1, 0.15) is 5.82 Å². The lowest BCUT2D eigenvalue weighted by atomic mass is 9.79. The van der Waals surface area contributed by atoms with Crippen molar-refractivity contribution >= 4 is 11.4 Å². The lowest BCUT2D eigenvalue weighted by molar-refractivity contribution is -0.0105. The van der Waals surface area contributed by atoms with E-state index in [0.29, 0.717) is 28.9 Å². The van der Waals surface area contributed by atoms with Gasteiger partial charge in [-0.05, 0) is 70.1 Å². The number of nitrogens with one attached hydrogen (secondary N) is 1. The Labute approximate surface area is 150 Å². The van der Waals surface area contributed by atoms with E-state index in [0.717, 1.165) is 44.5 Å². The molecule has 1 aromatic rings. The SMILES string of the molecule is COC1CCC(C)(N2CCC(Nc3cc(C)c(F)cc3N)CC2)CC1. The van der Waals surface area contributed by atoms with E-state index in [1.807, 2.05) is 13.2 Å². The Morgan fingerprint density at radius 1 is 1.20 bits per heavy atom. The molecule has 1 aliphatic heterocycles. The van der Waals surface area contributed by atoms with Crippen molar-refractivity contribution in [1.82, 2.24) is 4.90 Å². The molecule has 5 heteroatoms. The van der Waals surface area contributed by atoms with Gasteiger partial charge in [0.05, 0.1) is 17.5 Å². The first-order valence-corrected chi connectivity index (χ1v) is 9.51. The maximum absolute atomic E-state index is 13.6. The number of hydrogen-bond acceptors (Lipinski definition) is 4. The van der Waals surface area contributed by atoms with Gasteiger partial charge in [0, 0.05) is 31.8 Å². The lowest BCUT2D eigenvalue weighted by Gasteiger charge is -2.48. The Hall–Kier alpha value is -1.33. The van der Waals surface area contributed by atoms with Crippen LogP contribution in [0, 0.1) is 12.7 Å². The second-order valence-corrected chi connectivity index (χ2v) is 8.03. The van der Waals surface area contributed by atoms with Crippen molar-refractivity contribution in [2.45, 2.75) is 70.1 Å². The van der Waals surface area contributed by atoms with Crippen molar-refractivity contribution in [2.75, 3.05) is 31.2 Å². The molecule has 2 aliphatic rings. The molecule has 0 amide bonds. The Morgan fingerprint density at radius 3 is 2.44 bits per heavy atom. The van der Waals surface area contributed by atoms with Crippen LogP contribution >= 0.6 is 0 Å². The Morgan fingerprint density at radius 2 is 1.84 bits per heavy atom. The van der Waals surface area contributed by atoms with Crippen molar-refractivity contribution in [1.29, 1.82) is 0 Å². The van der Waals surface area contributed by atoms with Gasteiger partial charge in [-0.1, -0.05) is 0 Å². The second-order valence-electron chi connectivity index (χ2n) is 8.03. The molecule has 4 nitrogen and oxygen atoms in total. The van der Waals surface area contributed by atoms with E-state index in [-0.39, 0.29) is 5.82 Å². The van der Waals surface area contributed by atoms with Crippen molar-refractivity contribution in [3.05, 3.63) is 23.5 Å². The van der Waals surface area contributed by atoms with Crippen LogP contribution in [0.3, 0.4) is 0 Å². The summed E-state index contributed by atoms with van der Waals surface area (Å²) >= 11 is 0. The van der Waals surface area contributed by atoms with E-state index in [1.165, 1.54) is 18.9 Å². The summed E-state index contributed by atoms with van der Waals surface area (Å²) in [6, 6.07) is 3.65. The monoisotopic (exact) mass is 349 g/mol. The summed E-state index contributed by atoms with van der Waals surface area (Å²) in [5.74, 6) is -0.238. The van der Waals surface area contributed by atoms with E-state index in [9.17, 15) is 4.39 Å². The molecule has 1 aliphatic carbocycles. The van der Waals surface area contributed by atoms with Crippen molar-refractivity contribution in [3.63, 3.8) is 0 Å². The number of ether oxygens (including phenoxy) is 1. The highest BCUT2D eigenvalue weighted by molar-refractivity contribution is 5.67. The molecule has 1 saturated heterocycles. The average molecular weight is 349 g/mol. The maximum atomic E-state index is 13.6. The van der Waals surface area contributed by atoms with Crippen molar-refractivity contribution in [3.8, 4) is 0 Å². The van der Waals surface area contributed by atoms with Crippen LogP contribution in [0.15, 0.2) is 12.1 Å². The average Bonchev–Trinajstić information content (AvgIpc) is 2.61.